The second kappa shape index (κ2) is 33.7. The molecule has 0 saturated carbocycles. The summed E-state index contributed by atoms with van der Waals surface area (Å²) in [5, 5.41) is 10.1. The summed E-state index contributed by atoms with van der Waals surface area (Å²) in [4.78, 5) is 37.4. The average molecular weight is 758 g/mol. The molecule has 0 aliphatic carbocycles. The van der Waals surface area contributed by atoms with E-state index in [1.54, 1.807) is 6.08 Å². The van der Waals surface area contributed by atoms with E-state index in [2.05, 4.69) is 32.1 Å². The van der Waals surface area contributed by atoms with Crippen molar-refractivity contribution in [2.45, 2.75) is 167 Å². The van der Waals surface area contributed by atoms with Crippen LogP contribution in [-0.2, 0) is 32.7 Å². The number of likely N-dealkylation sites (N-methyl/N-ethyl adjacent to an activating group) is 1. The Hall–Kier alpha value is -1.81. The van der Waals surface area contributed by atoms with Crippen LogP contribution in [0.25, 0.3) is 0 Å². The van der Waals surface area contributed by atoms with Crippen LogP contribution in [0.3, 0.4) is 0 Å². The van der Waals surface area contributed by atoms with Gasteiger partial charge in [0.05, 0.1) is 33.9 Å². The van der Waals surface area contributed by atoms with Gasteiger partial charge in [-0.25, -0.2) is 0 Å². The number of carbonyl (C=O) groups excluding carboxylic acids is 2. The molecule has 0 aromatic carbocycles. The number of allylic oxidation sites excluding steroid dienone is 5. The van der Waals surface area contributed by atoms with Crippen molar-refractivity contribution in [3.8, 4) is 0 Å². The summed E-state index contributed by atoms with van der Waals surface area (Å²) in [5.74, 6) is -0.911. The Balaban J connectivity index is 4.50. The molecule has 0 aliphatic heterocycles. The highest BCUT2D eigenvalue weighted by molar-refractivity contribution is 7.45. The number of carbonyl (C=O) groups is 2. The smallest absolute Gasteiger partial charge is 0.306 e. The number of hydrogen-bond donors (Lipinski definition) is 1. The lowest BCUT2D eigenvalue weighted by Crippen LogP contribution is -2.37. The van der Waals surface area contributed by atoms with Gasteiger partial charge in [-0.1, -0.05) is 147 Å². The number of phosphoric acid groups is 1. The summed E-state index contributed by atoms with van der Waals surface area (Å²) >= 11 is 0. The molecule has 304 valence electrons. The molecule has 0 aliphatic rings. The zero-order chi connectivity index (χ0) is 38.8. The molecule has 0 aromatic heterocycles. The van der Waals surface area contributed by atoms with E-state index in [-0.39, 0.29) is 26.1 Å². The van der Waals surface area contributed by atoms with Gasteiger partial charge in [0.2, 0.25) is 0 Å². The lowest BCUT2D eigenvalue weighted by Gasteiger charge is -2.28. The Morgan fingerprint density at radius 2 is 1.27 bits per heavy atom. The fourth-order valence-electron chi connectivity index (χ4n) is 5.31. The summed E-state index contributed by atoms with van der Waals surface area (Å²) in [6.45, 7) is 3.96. The molecule has 0 bridgehead atoms. The van der Waals surface area contributed by atoms with Crippen molar-refractivity contribution in [1.29, 1.82) is 0 Å². The molecule has 1 N–H and O–H groups in total. The Kier molecular flexibility index (Phi) is 32.6. The molecular weight excluding hydrogens is 681 g/mol. The minimum Gasteiger partial charge on any atom is -0.756 e. The highest BCUT2D eigenvalue weighted by Gasteiger charge is 2.21. The Morgan fingerprint density at radius 3 is 1.85 bits per heavy atom. The quantitative estimate of drug-likeness (QED) is 0.0166. The number of nitrogens with zero attached hydrogens (tertiary/aromatic N) is 1. The Bertz CT molecular complexity index is 1010. The van der Waals surface area contributed by atoms with Gasteiger partial charge in [-0.2, -0.15) is 0 Å². The first-order valence-corrected chi connectivity index (χ1v) is 21.8. The molecular formula is C41H76NO9P. The number of aliphatic hydroxyl groups excluding tert-OH is 1. The first-order valence-electron chi connectivity index (χ1n) is 20.3. The van der Waals surface area contributed by atoms with Gasteiger partial charge < -0.3 is 33.0 Å². The highest BCUT2D eigenvalue weighted by Crippen LogP contribution is 2.38. The number of esters is 2. The predicted molar refractivity (Wildman–Crippen MR) is 210 cm³/mol. The Morgan fingerprint density at radius 1 is 0.712 bits per heavy atom. The van der Waals surface area contributed by atoms with Crippen molar-refractivity contribution in [3.05, 3.63) is 36.5 Å². The number of unbranched alkanes of at least 4 members (excludes halogenated alkanes) is 15. The third-order valence-corrected chi connectivity index (χ3v) is 9.49. The van der Waals surface area contributed by atoms with E-state index in [1.165, 1.54) is 57.8 Å². The summed E-state index contributed by atoms with van der Waals surface area (Å²) in [6, 6.07) is 0. The first-order chi connectivity index (χ1) is 24.9. The second-order valence-corrected chi connectivity index (χ2v) is 16.2. The monoisotopic (exact) mass is 758 g/mol. The average Bonchev–Trinajstić information content (AvgIpc) is 3.08. The minimum absolute atomic E-state index is 0.0486. The lowest BCUT2D eigenvalue weighted by molar-refractivity contribution is -0.870. The lowest BCUT2D eigenvalue weighted by atomic mass is 10.0. The first kappa shape index (κ1) is 50.2. The van der Waals surface area contributed by atoms with Crippen molar-refractivity contribution in [3.63, 3.8) is 0 Å². The molecule has 0 aromatic rings. The maximum absolute atomic E-state index is 12.6. The van der Waals surface area contributed by atoms with Gasteiger partial charge in [0.1, 0.15) is 19.8 Å². The molecule has 0 spiro atoms. The van der Waals surface area contributed by atoms with Crippen LogP contribution in [0.4, 0.5) is 0 Å². The largest absolute Gasteiger partial charge is 0.756 e. The highest BCUT2D eigenvalue weighted by atomic mass is 31.2. The third kappa shape index (κ3) is 36.5. The normalized spacial score (nSPS) is 14.7. The molecule has 0 amide bonds. The van der Waals surface area contributed by atoms with E-state index in [1.807, 2.05) is 33.3 Å². The second-order valence-electron chi connectivity index (χ2n) is 14.8. The number of ether oxygens (including phenoxy) is 2. The molecule has 10 nitrogen and oxygen atoms in total. The van der Waals surface area contributed by atoms with Crippen LogP contribution >= 0.6 is 7.82 Å². The number of aliphatic hydroxyl groups is 1. The van der Waals surface area contributed by atoms with Gasteiger partial charge in [0.25, 0.3) is 7.82 Å². The topological polar surface area (TPSA) is 131 Å². The maximum atomic E-state index is 12.6. The van der Waals surface area contributed by atoms with E-state index in [4.69, 9.17) is 18.5 Å². The van der Waals surface area contributed by atoms with Crippen LogP contribution in [0.1, 0.15) is 155 Å². The predicted octanol–water partition coefficient (Wildman–Crippen LogP) is 9.30. The number of quaternary nitrogens is 1. The van der Waals surface area contributed by atoms with Crippen LogP contribution in [0.2, 0.25) is 0 Å². The standard InChI is InChI=1S/C41H76NO9P/c1-6-8-10-12-14-15-16-17-18-20-24-28-32-40(44)48-36-39(37-50-52(46,47)49-35-34-42(3,4)5)51-41(45)33-29-25-21-23-27-31-38(43)30-26-22-19-13-11-9-7-2/h9,11,19,22,26,30,38-39,43H,6-8,10,12-18,20-21,23-25,27-29,31-37H2,1-5H3/b11-9+,22-19+,30-26+/t38?,39-/m1/s1. The Labute approximate surface area is 317 Å². The molecule has 0 saturated heterocycles. The molecule has 0 fully saturated rings. The van der Waals surface area contributed by atoms with E-state index in [0.29, 0.717) is 23.9 Å². The summed E-state index contributed by atoms with van der Waals surface area (Å²) < 4.78 is 33.7. The molecule has 3 atom stereocenters. The van der Waals surface area contributed by atoms with E-state index in [0.717, 1.165) is 57.8 Å². The maximum Gasteiger partial charge on any atom is 0.306 e. The zero-order valence-electron chi connectivity index (χ0n) is 33.6. The van der Waals surface area contributed by atoms with Gasteiger partial charge in [-0.05, 0) is 32.1 Å². The third-order valence-electron chi connectivity index (χ3n) is 8.53. The fourth-order valence-corrected chi connectivity index (χ4v) is 6.04. The number of rotatable bonds is 36. The van der Waals surface area contributed by atoms with E-state index >= 15 is 0 Å². The van der Waals surface area contributed by atoms with Crippen LogP contribution in [0, 0.1) is 0 Å². The van der Waals surface area contributed by atoms with Crippen molar-refractivity contribution in [2.24, 2.45) is 0 Å². The summed E-state index contributed by atoms with van der Waals surface area (Å²) in [6.07, 6.45) is 31.9. The summed E-state index contributed by atoms with van der Waals surface area (Å²) in [5.41, 5.74) is 0. The van der Waals surface area contributed by atoms with Gasteiger partial charge in [-0.3, -0.25) is 14.2 Å². The fraction of sp³-hybridized carbons (Fsp3) is 0.805. The van der Waals surface area contributed by atoms with Gasteiger partial charge in [0, 0.05) is 12.8 Å². The molecule has 0 heterocycles. The molecule has 0 rings (SSSR count). The molecule has 0 radical (unpaired) electrons. The van der Waals surface area contributed by atoms with Crippen LogP contribution < -0.4 is 4.89 Å². The molecule has 11 heteroatoms. The van der Waals surface area contributed by atoms with Gasteiger partial charge in [0.15, 0.2) is 6.10 Å². The molecule has 52 heavy (non-hydrogen) atoms. The van der Waals surface area contributed by atoms with Crippen LogP contribution in [0.5, 0.6) is 0 Å². The zero-order valence-corrected chi connectivity index (χ0v) is 34.5. The minimum atomic E-state index is -4.64. The van der Waals surface area contributed by atoms with E-state index in [9.17, 15) is 24.2 Å². The molecule has 2 unspecified atom stereocenters. The number of hydrogen-bond acceptors (Lipinski definition) is 9. The van der Waals surface area contributed by atoms with Gasteiger partial charge >= 0.3 is 11.9 Å². The van der Waals surface area contributed by atoms with Gasteiger partial charge in [-0.15, -0.1) is 0 Å². The van der Waals surface area contributed by atoms with Crippen molar-refractivity contribution < 1.29 is 47.2 Å². The van der Waals surface area contributed by atoms with Crippen molar-refractivity contribution >= 4 is 19.8 Å². The van der Waals surface area contributed by atoms with E-state index < -0.39 is 38.6 Å². The SMILES string of the molecule is CC/C=C/C/C=C/C=C/C(O)CCCCCCCC(=O)O[C@H](COC(=O)CCCCCCCCCCCCCC)COP(=O)([O-])OCC[N+](C)(C)C. The van der Waals surface area contributed by atoms with Crippen LogP contribution in [-0.4, -0.2) is 81.2 Å². The van der Waals surface area contributed by atoms with Crippen LogP contribution in [0.15, 0.2) is 36.5 Å². The summed E-state index contributed by atoms with van der Waals surface area (Å²) in [7, 11) is 1.10. The number of phosphoric ester groups is 1. The van der Waals surface area contributed by atoms with Crippen molar-refractivity contribution in [1.82, 2.24) is 0 Å². The van der Waals surface area contributed by atoms with Crippen molar-refractivity contribution in [2.75, 3.05) is 47.5 Å².